The number of thiophene rings is 1. The van der Waals surface area contributed by atoms with E-state index in [1.165, 1.54) is 0 Å². The third-order valence-electron chi connectivity index (χ3n) is 2.26. The number of benzene rings is 1. The van der Waals surface area contributed by atoms with Crippen LogP contribution in [0.25, 0.3) is 10.1 Å². The molecule has 2 aromatic rings. The number of amides is 1. The molecule has 0 aliphatic rings. The molecule has 1 atom stereocenters. The summed E-state index contributed by atoms with van der Waals surface area (Å²) >= 11 is 5.02. The second-order valence-corrected chi connectivity index (χ2v) is 5.53. The molecular weight excluding hydrogens is 290 g/mol. The highest BCUT2D eigenvalue weighted by Gasteiger charge is 2.11. The molecule has 0 bridgehead atoms. The monoisotopic (exact) mass is 299 g/mol. The molecule has 1 heterocycles. The number of hydrogen-bond donors (Lipinski definition) is 2. The quantitative estimate of drug-likeness (QED) is 0.881. The molecule has 3 nitrogen and oxygen atoms in total. The van der Waals surface area contributed by atoms with Crippen molar-refractivity contribution in [2.24, 2.45) is 0 Å². The van der Waals surface area contributed by atoms with E-state index in [0.717, 1.165) is 19.4 Å². The Morgan fingerprint density at radius 3 is 2.94 bits per heavy atom. The molecule has 0 spiro atoms. The van der Waals surface area contributed by atoms with Gasteiger partial charge >= 0.3 is 6.09 Å². The molecule has 0 fully saturated rings. The summed E-state index contributed by atoms with van der Waals surface area (Å²) in [4.78, 5) is 11.6. The van der Waals surface area contributed by atoms with Crippen LogP contribution in [0.3, 0.4) is 0 Å². The number of fused-ring (bicyclic) bond motifs is 1. The van der Waals surface area contributed by atoms with Crippen LogP contribution >= 0.6 is 27.3 Å². The van der Waals surface area contributed by atoms with Gasteiger partial charge in [-0.15, -0.1) is 11.3 Å². The van der Waals surface area contributed by atoms with Gasteiger partial charge in [0.15, 0.2) is 0 Å². The smallest absolute Gasteiger partial charge is 0.405 e. The molecule has 0 aliphatic heterocycles. The van der Waals surface area contributed by atoms with E-state index in [4.69, 9.17) is 5.11 Å². The highest BCUT2D eigenvalue weighted by atomic mass is 79.9. The fraction of sp³-hybridized carbons (Fsp3) is 0.182. The third kappa shape index (κ3) is 2.36. The van der Waals surface area contributed by atoms with Gasteiger partial charge in [-0.25, -0.2) is 4.79 Å². The maximum Gasteiger partial charge on any atom is 0.405 e. The van der Waals surface area contributed by atoms with Crippen molar-refractivity contribution < 1.29 is 9.90 Å². The van der Waals surface area contributed by atoms with Crippen molar-refractivity contribution in [2.75, 3.05) is 0 Å². The molecule has 0 saturated carbocycles. The number of carboxylic acid groups (broad SMARTS) is 1. The van der Waals surface area contributed by atoms with Crippen LogP contribution in [-0.4, -0.2) is 11.2 Å². The predicted octanol–water partition coefficient (Wildman–Crippen LogP) is 3.99. The van der Waals surface area contributed by atoms with Crippen molar-refractivity contribution in [3.05, 3.63) is 33.6 Å². The van der Waals surface area contributed by atoms with Crippen molar-refractivity contribution in [3.8, 4) is 0 Å². The van der Waals surface area contributed by atoms with Crippen LogP contribution < -0.4 is 5.32 Å². The van der Waals surface area contributed by atoms with E-state index < -0.39 is 6.09 Å². The Labute approximate surface area is 105 Å². The lowest BCUT2D eigenvalue weighted by molar-refractivity contribution is 0.191. The summed E-state index contributed by atoms with van der Waals surface area (Å²) in [5, 5.41) is 12.2. The molecule has 0 radical (unpaired) electrons. The Hall–Kier alpha value is -1.07. The van der Waals surface area contributed by atoms with Gasteiger partial charge in [-0.2, -0.15) is 0 Å². The third-order valence-corrected chi connectivity index (χ3v) is 4.06. The Balaban J connectivity index is 2.35. The lowest BCUT2D eigenvalue weighted by Gasteiger charge is -2.07. The second-order valence-electron chi connectivity index (χ2n) is 3.50. The van der Waals surface area contributed by atoms with Crippen LogP contribution in [0, 0.1) is 0 Å². The number of nitrogens with one attached hydrogen (secondary N) is 1. The minimum Gasteiger partial charge on any atom is -0.465 e. The number of carbonyl (C=O) groups is 1. The Morgan fingerprint density at radius 1 is 1.50 bits per heavy atom. The average molecular weight is 300 g/mol. The van der Waals surface area contributed by atoms with Gasteiger partial charge in [0.1, 0.15) is 0 Å². The molecule has 1 aromatic heterocycles. The van der Waals surface area contributed by atoms with E-state index in [-0.39, 0.29) is 6.04 Å². The van der Waals surface area contributed by atoms with Crippen molar-refractivity contribution in [2.45, 2.75) is 13.0 Å². The first kappa shape index (κ1) is 11.4. The predicted molar refractivity (Wildman–Crippen MR) is 69.1 cm³/mol. The van der Waals surface area contributed by atoms with E-state index in [0.29, 0.717) is 0 Å². The Kier molecular flexibility index (Phi) is 3.16. The van der Waals surface area contributed by atoms with E-state index in [1.54, 1.807) is 11.3 Å². The van der Waals surface area contributed by atoms with Crippen LogP contribution in [0.2, 0.25) is 0 Å². The zero-order valence-corrected chi connectivity index (χ0v) is 10.9. The topological polar surface area (TPSA) is 49.3 Å². The lowest BCUT2D eigenvalue weighted by atomic mass is 10.2. The van der Waals surface area contributed by atoms with Gasteiger partial charge < -0.3 is 10.4 Å². The van der Waals surface area contributed by atoms with E-state index in [2.05, 4.69) is 21.2 Å². The molecule has 84 valence electrons. The summed E-state index contributed by atoms with van der Waals surface area (Å²) < 4.78 is 2.19. The van der Waals surface area contributed by atoms with Crippen molar-refractivity contribution >= 4 is 43.4 Å². The summed E-state index contributed by atoms with van der Waals surface area (Å²) in [5.74, 6) is 0. The number of halogens is 1. The zero-order valence-electron chi connectivity index (χ0n) is 8.53. The summed E-state index contributed by atoms with van der Waals surface area (Å²) in [6, 6.07) is 7.89. The van der Waals surface area contributed by atoms with Gasteiger partial charge in [-0.05, 0) is 36.6 Å². The fourth-order valence-electron chi connectivity index (χ4n) is 1.50. The summed E-state index contributed by atoms with van der Waals surface area (Å²) in [6.07, 6.45) is -0.994. The normalized spacial score (nSPS) is 12.6. The van der Waals surface area contributed by atoms with Crippen molar-refractivity contribution in [3.63, 3.8) is 0 Å². The second kappa shape index (κ2) is 4.43. The SMILES string of the molecule is CC(NC(=O)O)c1cc2cc(Br)ccc2s1. The fourth-order valence-corrected chi connectivity index (χ4v) is 2.93. The first-order valence-corrected chi connectivity index (χ1v) is 6.35. The number of hydrogen-bond acceptors (Lipinski definition) is 2. The molecule has 16 heavy (non-hydrogen) atoms. The minimum atomic E-state index is -0.994. The summed E-state index contributed by atoms with van der Waals surface area (Å²) in [7, 11) is 0. The summed E-state index contributed by atoms with van der Waals surface area (Å²) in [6.45, 7) is 1.84. The lowest BCUT2D eigenvalue weighted by Crippen LogP contribution is -2.23. The Bertz CT molecular complexity index is 538. The van der Waals surface area contributed by atoms with E-state index in [9.17, 15) is 4.79 Å². The maximum atomic E-state index is 10.5. The number of rotatable bonds is 2. The van der Waals surface area contributed by atoms with Gasteiger partial charge in [0.05, 0.1) is 6.04 Å². The first-order chi connectivity index (χ1) is 7.56. The van der Waals surface area contributed by atoms with Gasteiger partial charge in [0.2, 0.25) is 0 Å². The van der Waals surface area contributed by atoms with Crippen LogP contribution in [0.5, 0.6) is 0 Å². The molecule has 2 N–H and O–H groups in total. The van der Waals surface area contributed by atoms with Crippen LogP contribution in [0.4, 0.5) is 4.79 Å². The molecule has 5 heteroatoms. The Morgan fingerprint density at radius 2 is 2.25 bits per heavy atom. The van der Waals surface area contributed by atoms with Crippen LogP contribution in [-0.2, 0) is 0 Å². The van der Waals surface area contributed by atoms with Gasteiger partial charge in [-0.1, -0.05) is 15.9 Å². The van der Waals surface area contributed by atoms with Crippen LogP contribution in [0.1, 0.15) is 17.8 Å². The molecule has 2 rings (SSSR count). The van der Waals surface area contributed by atoms with E-state index >= 15 is 0 Å². The minimum absolute atomic E-state index is 0.173. The zero-order chi connectivity index (χ0) is 11.7. The van der Waals surface area contributed by atoms with E-state index in [1.807, 2.05) is 31.2 Å². The molecule has 0 saturated heterocycles. The largest absolute Gasteiger partial charge is 0.465 e. The molecule has 1 aromatic carbocycles. The van der Waals surface area contributed by atoms with Gasteiger partial charge in [-0.3, -0.25) is 0 Å². The van der Waals surface area contributed by atoms with Crippen molar-refractivity contribution in [1.29, 1.82) is 0 Å². The molecule has 1 amide bonds. The van der Waals surface area contributed by atoms with Gasteiger partial charge in [0.25, 0.3) is 0 Å². The van der Waals surface area contributed by atoms with Gasteiger partial charge in [0, 0.05) is 14.0 Å². The molecule has 1 unspecified atom stereocenters. The van der Waals surface area contributed by atoms with Crippen molar-refractivity contribution in [1.82, 2.24) is 5.32 Å². The molecular formula is C11H10BrNO2S. The molecule has 0 aliphatic carbocycles. The first-order valence-electron chi connectivity index (χ1n) is 4.75. The summed E-state index contributed by atoms with van der Waals surface area (Å²) in [5.41, 5.74) is 0. The maximum absolute atomic E-state index is 10.5. The standard InChI is InChI=1S/C11H10BrNO2S/c1-6(13-11(14)15)10-5-7-4-8(12)2-3-9(7)16-10/h2-6,13H,1H3,(H,14,15). The highest BCUT2D eigenvalue weighted by Crippen LogP contribution is 2.31. The highest BCUT2D eigenvalue weighted by molar-refractivity contribution is 9.10. The average Bonchev–Trinajstić information content (AvgIpc) is 2.59. The van der Waals surface area contributed by atoms with Crippen LogP contribution in [0.15, 0.2) is 28.7 Å².